The van der Waals surface area contributed by atoms with Gasteiger partial charge in [0, 0.05) is 6.61 Å². The summed E-state index contributed by atoms with van der Waals surface area (Å²) in [7, 11) is 0. The molecule has 1 aliphatic rings. The second kappa shape index (κ2) is 4.24. The van der Waals surface area contributed by atoms with Crippen LogP contribution in [-0.4, -0.2) is 22.9 Å². The molecule has 1 fully saturated rings. The van der Waals surface area contributed by atoms with Crippen LogP contribution in [0.25, 0.3) is 0 Å². The quantitative estimate of drug-likeness (QED) is 0.680. The first-order valence-electron chi connectivity index (χ1n) is 4.97. The normalized spacial score (nSPS) is 25.2. The molecule has 1 atom stereocenters. The Morgan fingerprint density at radius 2 is 1.83 bits per heavy atom. The zero-order chi connectivity index (χ0) is 9.03. The van der Waals surface area contributed by atoms with Crippen LogP contribution in [0, 0.1) is 5.41 Å². The van der Waals surface area contributed by atoms with Gasteiger partial charge < -0.3 is 10.2 Å². The van der Waals surface area contributed by atoms with Gasteiger partial charge in [-0.1, -0.05) is 19.3 Å². The van der Waals surface area contributed by atoms with Gasteiger partial charge in [-0.15, -0.1) is 0 Å². The van der Waals surface area contributed by atoms with E-state index in [1.807, 2.05) is 6.92 Å². The molecule has 0 bridgehead atoms. The summed E-state index contributed by atoms with van der Waals surface area (Å²) in [6, 6.07) is 0. The van der Waals surface area contributed by atoms with Crippen LogP contribution in [0.1, 0.15) is 45.4 Å². The average molecular weight is 172 g/mol. The molecule has 0 aliphatic heterocycles. The fourth-order valence-corrected chi connectivity index (χ4v) is 2.36. The average Bonchev–Trinajstić information content (AvgIpc) is 2.05. The summed E-state index contributed by atoms with van der Waals surface area (Å²) in [6.45, 7) is 2.06. The van der Waals surface area contributed by atoms with Gasteiger partial charge in [-0.2, -0.15) is 0 Å². The Morgan fingerprint density at radius 3 is 2.25 bits per heavy atom. The number of aliphatic hydroxyl groups is 2. The Bertz CT molecular complexity index is 126. The molecular formula is C10H20O2. The van der Waals surface area contributed by atoms with Gasteiger partial charge >= 0.3 is 0 Å². The first-order chi connectivity index (χ1) is 5.68. The highest BCUT2D eigenvalue weighted by Gasteiger charge is 2.32. The summed E-state index contributed by atoms with van der Waals surface area (Å²) in [5.74, 6) is 0. The molecule has 0 aromatic carbocycles. The smallest absolute Gasteiger partial charge is 0.0518 e. The molecule has 1 aliphatic carbocycles. The molecule has 72 valence electrons. The Kier molecular flexibility index (Phi) is 3.53. The van der Waals surface area contributed by atoms with E-state index in [-0.39, 0.29) is 18.1 Å². The summed E-state index contributed by atoms with van der Waals surface area (Å²) < 4.78 is 0. The van der Waals surface area contributed by atoms with Crippen molar-refractivity contribution in [2.45, 2.75) is 51.6 Å². The second-order valence-electron chi connectivity index (χ2n) is 4.27. The van der Waals surface area contributed by atoms with Crippen molar-refractivity contribution >= 4 is 0 Å². The van der Waals surface area contributed by atoms with Gasteiger partial charge in [0.15, 0.2) is 0 Å². The SMILES string of the molecule is CC(O)CC1(CO)CCCCC1. The van der Waals surface area contributed by atoms with Crippen LogP contribution in [0.2, 0.25) is 0 Å². The van der Waals surface area contributed by atoms with E-state index in [4.69, 9.17) is 0 Å². The molecule has 2 N–H and O–H groups in total. The molecular weight excluding hydrogens is 152 g/mol. The summed E-state index contributed by atoms with van der Waals surface area (Å²) in [6.07, 6.45) is 6.41. The van der Waals surface area contributed by atoms with Crippen LogP contribution in [0.5, 0.6) is 0 Å². The van der Waals surface area contributed by atoms with Crippen LogP contribution >= 0.6 is 0 Å². The van der Waals surface area contributed by atoms with Crippen molar-refractivity contribution in [2.75, 3.05) is 6.61 Å². The lowest BCUT2D eigenvalue weighted by molar-refractivity contribution is 0.0286. The fraction of sp³-hybridized carbons (Fsp3) is 1.00. The standard InChI is InChI=1S/C10H20O2/c1-9(12)7-10(8-11)5-3-2-4-6-10/h9,11-12H,2-8H2,1H3. The Balaban J connectivity index is 2.48. The monoisotopic (exact) mass is 172 g/mol. The third-order valence-corrected chi connectivity index (χ3v) is 2.98. The predicted molar refractivity (Wildman–Crippen MR) is 48.9 cm³/mol. The zero-order valence-corrected chi connectivity index (χ0v) is 7.92. The third kappa shape index (κ3) is 2.46. The van der Waals surface area contributed by atoms with Crippen LogP contribution in [0.4, 0.5) is 0 Å². The Hall–Kier alpha value is -0.0800. The topological polar surface area (TPSA) is 40.5 Å². The van der Waals surface area contributed by atoms with Gasteiger partial charge in [0.05, 0.1) is 6.10 Å². The number of hydrogen-bond donors (Lipinski definition) is 2. The number of hydrogen-bond acceptors (Lipinski definition) is 2. The van der Waals surface area contributed by atoms with Gasteiger partial charge in [0.1, 0.15) is 0 Å². The van der Waals surface area contributed by atoms with Gasteiger partial charge in [0.2, 0.25) is 0 Å². The minimum absolute atomic E-state index is 0.0480. The zero-order valence-electron chi connectivity index (χ0n) is 7.92. The summed E-state index contributed by atoms with van der Waals surface area (Å²) in [5, 5.41) is 18.6. The maximum atomic E-state index is 9.29. The van der Waals surface area contributed by atoms with Crippen molar-refractivity contribution in [3.05, 3.63) is 0 Å². The first kappa shape index (κ1) is 10.0. The lowest BCUT2D eigenvalue weighted by Gasteiger charge is -2.36. The minimum atomic E-state index is -0.268. The van der Waals surface area contributed by atoms with Crippen LogP contribution in [0.15, 0.2) is 0 Å². The van der Waals surface area contributed by atoms with E-state index in [0.717, 1.165) is 19.3 Å². The highest BCUT2D eigenvalue weighted by atomic mass is 16.3. The highest BCUT2D eigenvalue weighted by molar-refractivity contribution is 4.83. The van der Waals surface area contributed by atoms with Crippen LogP contribution < -0.4 is 0 Å². The lowest BCUT2D eigenvalue weighted by atomic mass is 9.71. The summed E-state index contributed by atoms with van der Waals surface area (Å²) in [4.78, 5) is 0. The van der Waals surface area contributed by atoms with E-state index in [1.165, 1.54) is 19.3 Å². The van der Waals surface area contributed by atoms with Crippen LogP contribution in [0.3, 0.4) is 0 Å². The van der Waals surface area contributed by atoms with Crippen molar-refractivity contribution in [1.29, 1.82) is 0 Å². The van der Waals surface area contributed by atoms with Gasteiger partial charge in [-0.25, -0.2) is 0 Å². The minimum Gasteiger partial charge on any atom is -0.396 e. The van der Waals surface area contributed by atoms with Crippen molar-refractivity contribution in [3.63, 3.8) is 0 Å². The van der Waals surface area contributed by atoms with E-state index in [1.54, 1.807) is 0 Å². The third-order valence-electron chi connectivity index (χ3n) is 2.98. The molecule has 0 saturated heterocycles. The maximum absolute atomic E-state index is 9.29. The lowest BCUT2D eigenvalue weighted by Crippen LogP contribution is -2.31. The molecule has 0 aromatic rings. The van der Waals surface area contributed by atoms with Crippen molar-refractivity contribution in [2.24, 2.45) is 5.41 Å². The summed E-state index contributed by atoms with van der Waals surface area (Å²) >= 11 is 0. The van der Waals surface area contributed by atoms with E-state index < -0.39 is 0 Å². The van der Waals surface area contributed by atoms with Crippen molar-refractivity contribution in [3.8, 4) is 0 Å². The van der Waals surface area contributed by atoms with Gasteiger partial charge in [0.25, 0.3) is 0 Å². The molecule has 1 saturated carbocycles. The number of aliphatic hydroxyl groups excluding tert-OH is 2. The van der Waals surface area contributed by atoms with E-state index >= 15 is 0 Å². The van der Waals surface area contributed by atoms with E-state index in [2.05, 4.69) is 0 Å². The predicted octanol–water partition coefficient (Wildman–Crippen LogP) is 1.70. The fourth-order valence-electron chi connectivity index (χ4n) is 2.36. The first-order valence-corrected chi connectivity index (χ1v) is 4.97. The molecule has 2 nitrogen and oxygen atoms in total. The summed E-state index contributed by atoms with van der Waals surface area (Å²) in [5.41, 5.74) is 0.0480. The highest BCUT2D eigenvalue weighted by Crippen LogP contribution is 2.39. The van der Waals surface area contributed by atoms with Gasteiger partial charge in [-0.05, 0) is 31.6 Å². The maximum Gasteiger partial charge on any atom is 0.0518 e. The number of rotatable bonds is 3. The Morgan fingerprint density at radius 1 is 1.25 bits per heavy atom. The molecule has 1 rings (SSSR count). The Labute approximate surface area is 74.6 Å². The van der Waals surface area contributed by atoms with E-state index in [0.29, 0.717) is 0 Å². The van der Waals surface area contributed by atoms with Gasteiger partial charge in [-0.3, -0.25) is 0 Å². The van der Waals surface area contributed by atoms with Crippen LogP contribution in [-0.2, 0) is 0 Å². The van der Waals surface area contributed by atoms with Crippen molar-refractivity contribution in [1.82, 2.24) is 0 Å². The van der Waals surface area contributed by atoms with Crippen molar-refractivity contribution < 1.29 is 10.2 Å². The van der Waals surface area contributed by atoms with E-state index in [9.17, 15) is 10.2 Å². The molecule has 12 heavy (non-hydrogen) atoms. The molecule has 0 spiro atoms. The molecule has 2 heteroatoms. The second-order valence-corrected chi connectivity index (χ2v) is 4.27. The molecule has 0 amide bonds. The molecule has 0 heterocycles. The molecule has 0 radical (unpaired) electrons. The molecule has 1 unspecified atom stereocenters. The molecule has 0 aromatic heterocycles. The largest absolute Gasteiger partial charge is 0.396 e.